The quantitative estimate of drug-likeness (QED) is 0.485. The predicted molar refractivity (Wildman–Crippen MR) is 70.0 cm³/mol. The molecular formula is C13H16FN3O2. The molecule has 1 rings (SSSR count). The van der Waals surface area contributed by atoms with Gasteiger partial charge in [-0.05, 0) is 12.0 Å². The fraction of sp³-hybridized carbons (Fsp3) is 0.308. The zero-order valence-electron chi connectivity index (χ0n) is 10.8. The molecule has 0 aromatic heterocycles. The van der Waals surface area contributed by atoms with Gasteiger partial charge >= 0.3 is 11.8 Å². The first-order chi connectivity index (χ1) is 9.00. The van der Waals surface area contributed by atoms with Crippen molar-refractivity contribution < 1.29 is 14.0 Å². The third-order valence-electron chi connectivity index (χ3n) is 2.15. The molecule has 1 aromatic carbocycles. The van der Waals surface area contributed by atoms with Gasteiger partial charge in [0, 0.05) is 12.1 Å². The highest BCUT2D eigenvalue weighted by molar-refractivity contribution is 6.35. The molecule has 0 aliphatic rings. The molecule has 1 aromatic rings. The summed E-state index contributed by atoms with van der Waals surface area (Å²) in [5.74, 6) is -1.85. The van der Waals surface area contributed by atoms with Crippen molar-refractivity contribution in [2.75, 3.05) is 6.54 Å². The molecule has 0 radical (unpaired) electrons. The number of nitrogens with zero attached hydrogens (tertiary/aromatic N) is 1. The number of hydrogen-bond donors (Lipinski definition) is 2. The van der Waals surface area contributed by atoms with Gasteiger partial charge in [-0.25, -0.2) is 9.82 Å². The van der Waals surface area contributed by atoms with E-state index in [4.69, 9.17) is 0 Å². The molecule has 2 N–H and O–H groups in total. The summed E-state index contributed by atoms with van der Waals surface area (Å²) in [6, 6.07) is 5.97. The topological polar surface area (TPSA) is 70.6 Å². The summed E-state index contributed by atoms with van der Waals surface area (Å²) < 4.78 is 13.2. The van der Waals surface area contributed by atoms with Crippen molar-refractivity contribution in [3.8, 4) is 0 Å². The molecule has 6 heteroatoms. The van der Waals surface area contributed by atoms with E-state index < -0.39 is 17.6 Å². The Kier molecular flexibility index (Phi) is 5.66. The van der Waals surface area contributed by atoms with Crippen molar-refractivity contribution in [3.63, 3.8) is 0 Å². The number of hydrogen-bond acceptors (Lipinski definition) is 3. The van der Waals surface area contributed by atoms with Crippen LogP contribution in [0.15, 0.2) is 29.4 Å². The molecule has 102 valence electrons. The van der Waals surface area contributed by atoms with E-state index in [1.165, 1.54) is 12.1 Å². The molecule has 0 spiro atoms. The second-order valence-electron chi connectivity index (χ2n) is 4.32. The lowest BCUT2D eigenvalue weighted by Crippen LogP contribution is -2.39. The summed E-state index contributed by atoms with van der Waals surface area (Å²) in [5, 5.41) is 5.97. The first-order valence-electron chi connectivity index (χ1n) is 5.86. The average Bonchev–Trinajstić information content (AvgIpc) is 2.38. The van der Waals surface area contributed by atoms with E-state index in [2.05, 4.69) is 10.4 Å². The van der Waals surface area contributed by atoms with Crippen molar-refractivity contribution in [1.29, 1.82) is 0 Å². The van der Waals surface area contributed by atoms with Gasteiger partial charge in [-0.3, -0.25) is 9.59 Å². The van der Waals surface area contributed by atoms with Gasteiger partial charge in [-0.2, -0.15) is 5.10 Å². The summed E-state index contributed by atoms with van der Waals surface area (Å²) in [6.07, 6.45) is 1.14. The second kappa shape index (κ2) is 7.25. The van der Waals surface area contributed by atoms with Gasteiger partial charge in [0.05, 0.1) is 6.21 Å². The summed E-state index contributed by atoms with van der Waals surface area (Å²) in [4.78, 5) is 22.6. The first-order valence-corrected chi connectivity index (χ1v) is 5.86. The Labute approximate surface area is 110 Å². The highest BCUT2D eigenvalue weighted by Crippen LogP contribution is 2.02. The van der Waals surface area contributed by atoms with Crippen LogP contribution < -0.4 is 10.7 Å². The van der Waals surface area contributed by atoms with E-state index in [0.717, 1.165) is 6.21 Å². The summed E-state index contributed by atoms with van der Waals surface area (Å²) >= 11 is 0. The Morgan fingerprint density at radius 2 is 2.00 bits per heavy atom. The molecule has 0 aliphatic carbocycles. The van der Waals surface area contributed by atoms with Crippen LogP contribution in [-0.4, -0.2) is 24.6 Å². The van der Waals surface area contributed by atoms with E-state index in [1.807, 2.05) is 19.3 Å². The minimum Gasteiger partial charge on any atom is -0.348 e. The van der Waals surface area contributed by atoms with Crippen molar-refractivity contribution >= 4 is 18.0 Å². The zero-order valence-corrected chi connectivity index (χ0v) is 10.8. The minimum atomic E-state index is -0.881. The number of hydrazone groups is 1. The van der Waals surface area contributed by atoms with Crippen LogP contribution in [0.4, 0.5) is 4.39 Å². The van der Waals surface area contributed by atoms with E-state index >= 15 is 0 Å². The number of amides is 2. The van der Waals surface area contributed by atoms with Crippen LogP contribution in [-0.2, 0) is 9.59 Å². The Balaban J connectivity index is 2.46. The van der Waals surface area contributed by atoms with Gasteiger partial charge in [0.15, 0.2) is 0 Å². The van der Waals surface area contributed by atoms with Gasteiger partial charge in [-0.15, -0.1) is 0 Å². The van der Waals surface area contributed by atoms with Crippen molar-refractivity contribution in [2.24, 2.45) is 11.0 Å². The van der Waals surface area contributed by atoms with Crippen molar-refractivity contribution in [3.05, 3.63) is 35.6 Å². The lowest BCUT2D eigenvalue weighted by molar-refractivity contribution is -0.139. The summed E-state index contributed by atoms with van der Waals surface area (Å²) in [5.41, 5.74) is 2.26. The van der Waals surface area contributed by atoms with Crippen molar-refractivity contribution in [1.82, 2.24) is 10.7 Å². The molecule has 0 saturated carbocycles. The largest absolute Gasteiger partial charge is 0.348 e. The third-order valence-corrected chi connectivity index (χ3v) is 2.15. The number of halogens is 1. The number of carbonyl (C=O) groups is 2. The minimum absolute atomic E-state index is 0.227. The lowest BCUT2D eigenvalue weighted by atomic mass is 10.2. The first kappa shape index (κ1) is 14.8. The van der Waals surface area contributed by atoms with Crippen molar-refractivity contribution in [2.45, 2.75) is 13.8 Å². The molecule has 0 saturated heterocycles. The molecular weight excluding hydrogens is 249 g/mol. The van der Waals surface area contributed by atoms with Gasteiger partial charge in [-0.1, -0.05) is 32.0 Å². The van der Waals surface area contributed by atoms with Crippen LogP contribution in [0.25, 0.3) is 0 Å². The molecule has 0 bridgehead atoms. The molecule has 5 nitrogen and oxygen atoms in total. The molecule has 0 unspecified atom stereocenters. The van der Waals surface area contributed by atoms with Gasteiger partial charge in [0.1, 0.15) is 5.82 Å². The molecule has 0 fully saturated rings. The summed E-state index contributed by atoms with van der Waals surface area (Å²) in [6.45, 7) is 4.23. The van der Waals surface area contributed by atoms with Crippen LogP contribution in [0.5, 0.6) is 0 Å². The molecule has 19 heavy (non-hydrogen) atoms. The Hall–Kier alpha value is -2.24. The zero-order chi connectivity index (χ0) is 14.3. The fourth-order valence-corrected chi connectivity index (χ4v) is 1.17. The monoisotopic (exact) mass is 265 g/mol. The third kappa shape index (κ3) is 5.29. The number of benzene rings is 1. The fourth-order valence-electron chi connectivity index (χ4n) is 1.17. The van der Waals surface area contributed by atoms with Gasteiger partial charge < -0.3 is 5.32 Å². The number of nitrogens with one attached hydrogen (secondary N) is 2. The molecule has 0 heterocycles. The highest BCUT2D eigenvalue weighted by Gasteiger charge is 2.12. The smallest absolute Gasteiger partial charge is 0.329 e. The Morgan fingerprint density at radius 1 is 1.32 bits per heavy atom. The number of rotatable bonds is 4. The van der Waals surface area contributed by atoms with Crippen LogP contribution in [0.3, 0.4) is 0 Å². The van der Waals surface area contributed by atoms with Crippen LogP contribution in [0.1, 0.15) is 19.4 Å². The second-order valence-corrected chi connectivity index (χ2v) is 4.32. The SMILES string of the molecule is CC(C)CNC(=O)C(=O)N/N=C\c1ccccc1F. The van der Waals surface area contributed by atoms with Crippen LogP contribution >= 0.6 is 0 Å². The predicted octanol–water partition coefficient (Wildman–Crippen LogP) is 1.05. The lowest BCUT2D eigenvalue weighted by Gasteiger charge is -2.05. The maximum atomic E-state index is 13.2. The Bertz CT molecular complexity index is 487. The van der Waals surface area contributed by atoms with E-state index in [0.29, 0.717) is 6.54 Å². The molecule has 0 atom stereocenters. The van der Waals surface area contributed by atoms with E-state index in [-0.39, 0.29) is 11.5 Å². The van der Waals surface area contributed by atoms with Gasteiger partial charge in [0.25, 0.3) is 0 Å². The maximum Gasteiger partial charge on any atom is 0.329 e. The highest BCUT2D eigenvalue weighted by atomic mass is 19.1. The van der Waals surface area contributed by atoms with Crippen LogP contribution in [0.2, 0.25) is 0 Å². The number of carbonyl (C=O) groups excluding carboxylic acids is 2. The van der Waals surface area contributed by atoms with E-state index in [1.54, 1.807) is 12.1 Å². The molecule has 0 aliphatic heterocycles. The van der Waals surface area contributed by atoms with Crippen LogP contribution in [0, 0.1) is 11.7 Å². The van der Waals surface area contributed by atoms with Gasteiger partial charge in [0.2, 0.25) is 0 Å². The Morgan fingerprint density at radius 3 is 2.63 bits per heavy atom. The maximum absolute atomic E-state index is 13.2. The normalized spacial score (nSPS) is 10.7. The standard InChI is InChI=1S/C13H16FN3O2/c1-9(2)7-15-12(18)13(19)17-16-8-10-5-3-4-6-11(10)14/h3-6,8-9H,7H2,1-2H3,(H,15,18)(H,17,19)/b16-8-. The summed E-state index contributed by atoms with van der Waals surface area (Å²) in [7, 11) is 0. The molecule has 2 amide bonds. The average molecular weight is 265 g/mol. The van der Waals surface area contributed by atoms with E-state index in [9.17, 15) is 14.0 Å².